The van der Waals surface area contributed by atoms with Crippen molar-refractivity contribution in [1.29, 1.82) is 0 Å². The van der Waals surface area contributed by atoms with Gasteiger partial charge in [0.15, 0.2) is 11.5 Å². The maximum absolute atomic E-state index is 13.2. The average Bonchev–Trinajstić information content (AvgIpc) is 3.16. The van der Waals surface area contributed by atoms with Gasteiger partial charge in [-0.3, -0.25) is 0 Å². The molecule has 0 aliphatic carbocycles. The van der Waals surface area contributed by atoms with E-state index < -0.39 is 0 Å². The third-order valence-electron chi connectivity index (χ3n) is 3.97. The molecule has 0 aliphatic heterocycles. The van der Waals surface area contributed by atoms with Gasteiger partial charge in [-0.25, -0.2) is 4.39 Å². The Labute approximate surface area is 150 Å². The molecule has 0 fully saturated rings. The molecule has 0 atom stereocenters. The summed E-state index contributed by atoms with van der Waals surface area (Å²) < 4.78 is 40.2. The van der Waals surface area contributed by atoms with Crippen molar-refractivity contribution < 1.29 is 27.9 Å². The summed E-state index contributed by atoms with van der Waals surface area (Å²) in [6, 6.07) is 7.72. The Balaban J connectivity index is 2.25. The molecule has 3 rings (SSSR count). The minimum Gasteiger partial charge on any atom is -0.493 e. The number of aromatic nitrogens is 1. The Morgan fingerprint density at radius 1 is 0.808 bits per heavy atom. The van der Waals surface area contributed by atoms with E-state index in [1.165, 1.54) is 46.8 Å². The van der Waals surface area contributed by atoms with Gasteiger partial charge in [-0.2, -0.15) is 0 Å². The molecule has 0 aliphatic rings. The zero-order chi connectivity index (χ0) is 18.7. The molecule has 0 saturated heterocycles. The van der Waals surface area contributed by atoms with E-state index >= 15 is 0 Å². The molecular weight excluding hydrogens is 341 g/mol. The number of nitrogens with zero attached hydrogens (tertiary/aromatic N) is 1. The zero-order valence-electron chi connectivity index (χ0n) is 14.8. The summed E-state index contributed by atoms with van der Waals surface area (Å²) in [6.45, 7) is 0. The van der Waals surface area contributed by atoms with E-state index in [9.17, 15) is 4.39 Å². The van der Waals surface area contributed by atoms with Crippen molar-refractivity contribution in [2.75, 3.05) is 28.4 Å². The predicted octanol–water partition coefficient (Wildman–Crippen LogP) is 4.18. The summed E-state index contributed by atoms with van der Waals surface area (Å²) in [4.78, 5) is 0. The number of rotatable bonds is 6. The van der Waals surface area contributed by atoms with Crippen LogP contribution in [0.1, 0.15) is 0 Å². The third-order valence-corrected chi connectivity index (χ3v) is 3.97. The van der Waals surface area contributed by atoms with Crippen LogP contribution in [0.25, 0.3) is 22.4 Å². The molecule has 6 nitrogen and oxygen atoms in total. The molecule has 26 heavy (non-hydrogen) atoms. The number of benzene rings is 2. The van der Waals surface area contributed by atoms with Gasteiger partial charge in [-0.15, -0.1) is 0 Å². The van der Waals surface area contributed by atoms with Crippen LogP contribution in [0.2, 0.25) is 0 Å². The first-order valence-corrected chi connectivity index (χ1v) is 7.72. The lowest BCUT2D eigenvalue weighted by atomic mass is 10.00. The van der Waals surface area contributed by atoms with Gasteiger partial charge in [0.05, 0.1) is 34.0 Å². The quantitative estimate of drug-likeness (QED) is 0.658. The van der Waals surface area contributed by atoms with Crippen LogP contribution in [0.4, 0.5) is 4.39 Å². The maximum Gasteiger partial charge on any atom is 0.207 e. The number of hydrogen-bond donors (Lipinski definition) is 0. The minimum absolute atomic E-state index is 0.329. The smallest absolute Gasteiger partial charge is 0.207 e. The van der Waals surface area contributed by atoms with Gasteiger partial charge in [0.1, 0.15) is 17.8 Å². The molecule has 0 spiro atoms. The third kappa shape index (κ3) is 2.92. The topological polar surface area (TPSA) is 63.0 Å². The lowest BCUT2D eigenvalue weighted by molar-refractivity contribution is 0.306. The molecule has 7 heteroatoms. The number of ether oxygens (including phenoxy) is 4. The molecular formula is C19H18FNO5. The highest BCUT2D eigenvalue weighted by Gasteiger charge is 2.25. The Morgan fingerprint density at radius 3 is 2.04 bits per heavy atom. The van der Waals surface area contributed by atoms with Gasteiger partial charge in [-0.1, -0.05) is 5.16 Å². The molecule has 0 radical (unpaired) electrons. The largest absolute Gasteiger partial charge is 0.493 e. The lowest BCUT2D eigenvalue weighted by Gasteiger charge is -2.18. The summed E-state index contributed by atoms with van der Waals surface area (Å²) in [5.74, 6) is 1.37. The van der Waals surface area contributed by atoms with E-state index in [4.69, 9.17) is 23.5 Å². The highest BCUT2D eigenvalue weighted by Crippen LogP contribution is 2.51. The van der Waals surface area contributed by atoms with Crippen LogP contribution in [-0.2, 0) is 0 Å². The molecule has 2 aromatic carbocycles. The van der Waals surface area contributed by atoms with Crippen LogP contribution in [0.15, 0.2) is 41.1 Å². The Morgan fingerprint density at radius 2 is 1.46 bits per heavy atom. The molecule has 0 unspecified atom stereocenters. The van der Waals surface area contributed by atoms with Crippen LogP contribution in [0, 0.1) is 5.82 Å². The van der Waals surface area contributed by atoms with Crippen molar-refractivity contribution in [3.63, 3.8) is 0 Å². The Bertz CT molecular complexity index is 905. The highest BCUT2D eigenvalue weighted by atomic mass is 19.1. The summed E-state index contributed by atoms with van der Waals surface area (Å²) in [7, 11) is 6.08. The van der Waals surface area contributed by atoms with Crippen LogP contribution < -0.4 is 18.9 Å². The van der Waals surface area contributed by atoms with Crippen LogP contribution in [0.5, 0.6) is 23.0 Å². The molecule has 1 aromatic heterocycles. The van der Waals surface area contributed by atoms with E-state index in [1.54, 1.807) is 18.2 Å². The SMILES string of the molecule is COc1cc(-c2conc2-c2ccc(F)cc2)c(OC)c(OC)c1OC. The maximum atomic E-state index is 13.2. The average molecular weight is 359 g/mol. The highest BCUT2D eigenvalue weighted by molar-refractivity contribution is 5.87. The normalized spacial score (nSPS) is 10.5. The first kappa shape index (κ1) is 17.6. The fraction of sp³-hybridized carbons (Fsp3) is 0.211. The second-order valence-corrected chi connectivity index (χ2v) is 5.31. The number of hydrogen-bond acceptors (Lipinski definition) is 6. The molecule has 0 bridgehead atoms. The molecule has 1 heterocycles. The zero-order valence-corrected chi connectivity index (χ0v) is 14.8. The van der Waals surface area contributed by atoms with Gasteiger partial charge < -0.3 is 23.5 Å². The predicted molar refractivity (Wildman–Crippen MR) is 93.5 cm³/mol. The van der Waals surface area contributed by atoms with Gasteiger partial charge in [-0.05, 0) is 30.3 Å². The second kappa shape index (κ2) is 7.35. The van der Waals surface area contributed by atoms with E-state index in [1.807, 2.05) is 0 Å². The standard InChI is InChI=1S/C19H18FNO5/c1-22-15-9-13(17(23-2)19(25-4)18(15)24-3)14-10-26-21-16(14)11-5-7-12(20)8-6-11/h5-10H,1-4H3. The van der Waals surface area contributed by atoms with E-state index in [2.05, 4.69) is 5.16 Å². The summed E-state index contributed by atoms with van der Waals surface area (Å²) >= 11 is 0. The van der Waals surface area contributed by atoms with Crippen LogP contribution in [-0.4, -0.2) is 33.6 Å². The van der Waals surface area contributed by atoms with Crippen LogP contribution in [0.3, 0.4) is 0 Å². The van der Waals surface area contributed by atoms with Crippen molar-refractivity contribution in [2.45, 2.75) is 0 Å². The second-order valence-electron chi connectivity index (χ2n) is 5.31. The van der Waals surface area contributed by atoms with Gasteiger partial charge in [0, 0.05) is 11.1 Å². The monoisotopic (exact) mass is 359 g/mol. The van der Waals surface area contributed by atoms with Gasteiger partial charge in [0.25, 0.3) is 0 Å². The van der Waals surface area contributed by atoms with Crippen molar-refractivity contribution in [2.24, 2.45) is 0 Å². The van der Waals surface area contributed by atoms with Gasteiger partial charge >= 0.3 is 0 Å². The molecule has 0 N–H and O–H groups in total. The first-order chi connectivity index (χ1) is 12.6. The summed E-state index contributed by atoms with van der Waals surface area (Å²) in [5.41, 5.74) is 2.53. The number of halogens is 1. The van der Waals surface area contributed by atoms with Crippen LogP contribution >= 0.6 is 0 Å². The van der Waals surface area contributed by atoms with Crippen molar-refractivity contribution in [1.82, 2.24) is 5.16 Å². The fourth-order valence-corrected chi connectivity index (χ4v) is 2.78. The van der Waals surface area contributed by atoms with Crippen molar-refractivity contribution in [3.05, 3.63) is 42.4 Å². The van der Waals surface area contributed by atoms with Gasteiger partial charge in [0.2, 0.25) is 11.5 Å². The van der Waals surface area contributed by atoms with E-state index in [0.29, 0.717) is 45.4 Å². The minimum atomic E-state index is -0.329. The molecule has 3 aromatic rings. The lowest BCUT2D eigenvalue weighted by Crippen LogP contribution is -2.00. The van der Waals surface area contributed by atoms with E-state index in [0.717, 1.165) is 0 Å². The summed E-state index contributed by atoms with van der Waals surface area (Å²) in [5, 5.41) is 4.06. The molecule has 0 saturated carbocycles. The molecule has 0 amide bonds. The first-order valence-electron chi connectivity index (χ1n) is 7.72. The Hall–Kier alpha value is -3.22. The fourth-order valence-electron chi connectivity index (χ4n) is 2.78. The van der Waals surface area contributed by atoms with Crippen molar-refractivity contribution >= 4 is 0 Å². The Kier molecular flexibility index (Phi) is 4.97. The summed E-state index contributed by atoms with van der Waals surface area (Å²) in [6.07, 6.45) is 1.49. The molecule has 136 valence electrons. The number of methoxy groups -OCH3 is 4. The van der Waals surface area contributed by atoms with E-state index in [-0.39, 0.29) is 5.82 Å². The van der Waals surface area contributed by atoms with Crippen molar-refractivity contribution in [3.8, 4) is 45.4 Å².